The largest absolute Gasteiger partial charge is 0.298 e. The van der Waals surface area contributed by atoms with Crippen molar-refractivity contribution in [3.05, 3.63) is 65.5 Å². The molecule has 0 unspecified atom stereocenters. The fourth-order valence-electron chi connectivity index (χ4n) is 3.66. The molecule has 1 aromatic heterocycles. The van der Waals surface area contributed by atoms with Gasteiger partial charge in [0.2, 0.25) is 0 Å². The van der Waals surface area contributed by atoms with E-state index in [4.69, 9.17) is 6.42 Å². The van der Waals surface area contributed by atoms with Gasteiger partial charge in [-0.2, -0.15) is 0 Å². The van der Waals surface area contributed by atoms with Crippen molar-refractivity contribution in [1.29, 1.82) is 0 Å². The van der Waals surface area contributed by atoms with Crippen LogP contribution in [-0.4, -0.2) is 40.5 Å². The Labute approximate surface area is 151 Å². The summed E-state index contributed by atoms with van der Waals surface area (Å²) in [7, 11) is 0. The first-order valence-corrected chi connectivity index (χ1v) is 9.19. The van der Waals surface area contributed by atoms with E-state index in [9.17, 15) is 0 Å². The molecule has 2 aromatic rings. The Bertz CT molecular complexity index is 687. The minimum atomic E-state index is 0.622. The van der Waals surface area contributed by atoms with Gasteiger partial charge in [-0.25, -0.2) is 0 Å². The summed E-state index contributed by atoms with van der Waals surface area (Å²) in [5.74, 6) is 2.69. The molecule has 2 heterocycles. The van der Waals surface area contributed by atoms with Gasteiger partial charge in [-0.05, 0) is 61.3 Å². The highest BCUT2D eigenvalue weighted by Gasteiger charge is 2.24. The highest BCUT2D eigenvalue weighted by Crippen LogP contribution is 2.20. The molecule has 0 saturated carbocycles. The van der Waals surface area contributed by atoms with E-state index in [0.717, 1.165) is 31.7 Å². The highest BCUT2D eigenvalue weighted by atomic mass is 15.2. The molecule has 1 fully saturated rings. The second-order valence-electron chi connectivity index (χ2n) is 6.79. The Morgan fingerprint density at radius 1 is 1.16 bits per heavy atom. The van der Waals surface area contributed by atoms with Crippen molar-refractivity contribution in [3.63, 3.8) is 0 Å². The number of aromatic nitrogens is 1. The van der Waals surface area contributed by atoms with Crippen LogP contribution in [0.25, 0.3) is 0 Å². The van der Waals surface area contributed by atoms with E-state index >= 15 is 0 Å². The zero-order valence-electron chi connectivity index (χ0n) is 15.1. The molecule has 1 aliphatic heterocycles. The number of nitrogens with zero attached hydrogens (tertiary/aromatic N) is 3. The standard InChI is InChI=1S/C22H27N3/c1-3-19-7-9-20(10-8-19)16-24-15-5-6-22(18-24)25(4-2)17-21-11-13-23-14-12-21/h1,7-14,22H,4-6,15-18H2,2H3/t22-/m1/s1. The highest BCUT2D eigenvalue weighted by molar-refractivity contribution is 5.34. The van der Waals surface area contributed by atoms with Crippen LogP contribution in [0.15, 0.2) is 48.8 Å². The van der Waals surface area contributed by atoms with Crippen molar-refractivity contribution in [1.82, 2.24) is 14.8 Å². The molecule has 3 nitrogen and oxygen atoms in total. The molecule has 25 heavy (non-hydrogen) atoms. The molecular weight excluding hydrogens is 306 g/mol. The predicted octanol–water partition coefficient (Wildman–Crippen LogP) is 3.55. The SMILES string of the molecule is C#Cc1ccc(CN2CCC[C@@H](N(CC)Cc3ccncc3)C2)cc1. The van der Waals surface area contributed by atoms with Crippen LogP contribution in [0.4, 0.5) is 0 Å². The van der Waals surface area contributed by atoms with Gasteiger partial charge in [0.1, 0.15) is 0 Å². The molecule has 1 atom stereocenters. The van der Waals surface area contributed by atoms with Crippen LogP contribution < -0.4 is 0 Å². The molecule has 0 amide bonds. The van der Waals surface area contributed by atoms with E-state index in [1.807, 2.05) is 24.5 Å². The number of rotatable bonds is 6. The van der Waals surface area contributed by atoms with Crippen LogP contribution in [-0.2, 0) is 13.1 Å². The van der Waals surface area contributed by atoms with Gasteiger partial charge in [-0.3, -0.25) is 14.8 Å². The fourth-order valence-corrected chi connectivity index (χ4v) is 3.66. The first-order chi connectivity index (χ1) is 12.3. The van der Waals surface area contributed by atoms with Crippen molar-refractivity contribution in [2.24, 2.45) is 0 Å². The lowest BCUT2D eigenvalue weighted by Crippen LogP contribution is -2.47. The third-order valence-electron chi connectivity index (χ3n) is 5.07. The minimum absolute atomic E-state index is 0.622. The van der Waals surface area contributed by atoms with Gasteiger partial charge >= 0.3 is 0 Å². The van der Waals surface area contributed by atoms with Gasteiger partial charge in [0.15, 0.2) is 0 Å². The Hall–Kier alpha value is -2.15. The van der Waals surface area contributed by atoms with E-state index in [1.54, 1.807) is 0 Å². The lowest BCUT2D eigenvalue weighted by molar-refractivity contribution is 0.0917. The average molecular weight is 333 g/mol. The number of likely N-dealkylation sites (tertiary alicyclic amines) is 1. The Balaban J connectivity index is 1.60. The number of likely N-dealkylation sites (N-methyl/N-ethyl adjacent to an activating group) is 1. The van der Waals surface area contributed by atoms with Crippen molar-refractivity contribution in [2.45, 2.75) is 38.9 Å². The monoisotopic (exact) mass is 333 g/mol. The Morgan fingerprint density at radius 3 is 2.60 bits per heavy atom. The number of hydrogen-bond donors (Lipinski definition) is 0. The third-order valence-corrected chi connectivity index (χ3v) is 5.07. The molecule has 0 radical (unpaired) electrons. The van der Waals surface area contributed by atoms with Crippen LogP contribution in [0.1, 0.15) is 36.5 Å². The maximum atomic E-state index is 5.44. The smallest absolute Gasteiger partial charge is 0.0271 e. The zero-order valence-corrected chi connectivity index (χ0v) is 15.1. The van der Waals surface area contributed by atoms with E-state index in [1.165, 1.54) is 30.5 Å². The number of hydrogen-bond acceptors (Lipinski definition) is 3. The molecule has 3 heteroatoms. The predicted molar refractivity (Wildman–Crippen MR) is 103 cm³/mol. The van der Waals surface area contributed by atoms with Crippen molar-refractivity contribution < 1.29 is 0 Å². The van der Waals surface area contributed by atoms with E-state index in [-0.39, 0.29) is 0 Å². The van der Waals surface area contributed by atoms with Gasteiger partial charge in [-0.1, -0.05) is 25.0 Å². The summed E-state index contributed by atoms with van der Waals surface area (Å²) in [6, 6.07) is 13.3. The number of benzene rings is 1. The van der Waals surface area contributed by atoms with Gasteiger partial charge in [-0.15, -0.1) is 6.42 Å². The summed E-state index contributed by atoms with van der Waals surface area (Å²) >= 11 is 0. The summed E-state index contributed by atoms with van der Waals surface area (Å²) in [5.41, 5.74) is 3.64. The molecule has 130 valence electrons. The molecule has 1 saturated heterocycles. The Kier molecular flexibility index (Phi) is 6.22. The summed E-state index contributed by atoms with van der Waals surface area (Å²) < 4.78 is 0. The van der Waals surface area contributed by atoms with Crippen LogP contribution >= 0.6 is 0 Å². The zero-order chi connectivity index (χ0) is 17.5. The number of pyridine rings is 1. The van der Waals surface area contributed by atoms with Crippen LogP contribution in [0, 0.1) is 12.3 Å². The van der Waals surface area contributed by atoms with Crippen molar-refractivity contribution in [3.8, 4) is 12.3 Å². The minimum Gasteiger partial charge on any atom is -0.298 e. The van der Waals surface area contributed by atoms with Crippen LogP contribution in [0.3, 0.4) is 0 Å². The number of terminal acetylenes is 1. The molecule has 1 aliphatic rings. The molecule has 1 aromatic carbocycles. The van der Waals surface area contributed by atoms with Gasteiger partial charge in [0.05, 0.1) is 0 Å². The summed E-state index contributed by atoms with van der Waals surface area (Å²) in [6.07, 6.45) is 11.8. The Morgan fingerprint density at radius 2 is 1.92 bits per heavy atom. The van der Waals surface area contributed by atoms with Gasteiger partial charge in [0, 0.05) is 43.6 Å². The third kappa shape index (κ3) is 4.92. The van der Waals surface area contributed by atoms with Crippen LogP contribution in [0.2, 0.25) is 0 Å². The van der Waals surface area contributed by atoms with Crippen molar-refractivity contribution in [2.75, 3.05) is 19.6 Å². The summed E-state index contributed by atoms with van der Waals surface area (Å²) in [6.45, 7) is 7.68. The topological polar surface area (TPSA) is 19.4 Å². The molecule has 0 aliphatic carbocycles. The van der Waals surface area contributed by atoms with Crippen LogP contribution in [0.5, 0.6) is 0 Å². The lowest BCUT2D eigenvalue weighted by Gasteiger charge is -2.39. The second-order valence-corrected chi connectivity index (χ2v) is 6.79. The maximum absolute atomic E-state index is 5.44. The molecule has 0 bridgehead atoms. The van der Waals surface area contributed by atoms with E-state index < -0.39 is 0 Å². The molecular formula is C22H27N3. The van der Waals surface area contributed by atoms with Gasteiger partial charge in [0.25, 0.3) is 0 Å². The quantitative estimate of drug-likeness (QED) is 0.754. The second kappa shape index (κ2) is 8.80. The summed E-state index contributed by atoms with van der Waals surface area (Å²) in [4.78, 5) is 9.30. The first kappa shape index (κ1) is 17.7. The van der Waals surface area contributed by atoms with E-state index in [0.29, 0.717) is 6.04 Å². The first-order valence-electron chi connectivity index (χ1n) is 9.19. The normalized spacial score (nSPS) is 18.2. The number of piperidine rings is 1. The lowest BCUT2D eigenvalue weighted by atomic mass is 10.0. The summed E-state index contributed by atoms with van der Waals surface area (Å²) in [5, 5.41) is 0. The van der Waals surface area contributed by atoms with E-state index in [2.05, 4.69) is 51.9 Å². The maximum Gasteiger partial charge on any atom is 0.0271 e. The fraction of sp³-hybridized carbons (Fsp3) is 0.409. The molecule has 0 N–H and O–H groups in total. The molecule has 0 spiro atoms. The van der Waals surface area contributed by atoms with Crippen molar-refractivity contribution >= 4 is 0 Å². The molecule has 3 rings (SSSR count). The average Bonchev–Trinajstić information content (AvgIpc) is 2.68. The van der Waals surface area contributed by atoms with Gasteiger partial charge < -0.3 is 0 Å².